The van der Waals surface area contributed by atoms with Gasteiger partial charge in [0.05, 0.1) is 25.9 Å². The van der Waals surface area contributed by atoms with Gasteiger partial charge in [-0.15, -0.1) is 0 Å². The summed E-state index contributed by atoms with van der Waals surface area (Å²) in [6, 6.07) is 0. The molecule has 0 saturated carbocycles. The molecule has 0 radical (unpaired) electrons. The topological polar surface area (TPSA) is 169 Å². The van der Waals surface area contributed by atoms with E-state index in [-0.39, 0.29) is 19.4 Å². The van der Waals surface area contributed by atoms with Gasteiger partial charge < -0.3 is 29.7 Å². The molecule has 0 amide bonds. The quantitative estimate of drug-likeness (QED) is 0.0155. The van der Waals surface area contributed by atoms with E-state index in [1.54, 1.807) is 6.08 Å². The third kappa shape index (κ3) is 37.1. The molecule has 0 saturated heterocycles. The number of esters is 2. The smallest absolute Gasteiger partial charge is 0.462 e. The van der Waals surface area contributed by atoms with Gasteiger partial charge in [-0.3, -0.25) is 18.6 Å². The zero-order valence-corrected chi connectivity index (χ0v) is 34.9. The molecule has 4 N–H and O–H groups in total. The Bertz CT molecular complexity index is 1030. The van der Waals surface area contributed by atoms with Crippen LogP contribution < -0.4 is 0 Å². The summed E-state index contributed by atoms with van der Waals surface area (Å²) in [5, 5.41) is 28.4. The number of hydrogen-bond acceptors (Lipinski definition) is 10. The molecule has 0 aromatic carbocycles. The van der Waals surface area contributed by atoms with Crippen molar-refractivity contribution in [1.29, 1.82) is 0 Å². The molecule has 0 rings (SSSR count). The summed E-state index contributed by atoms with van der Waals surface area (Å²) in [5.41, 5.74) is 0. The van der Waals surface area contributed by atoms with Gasteiger partial charge in [0, 0.05) is 12.8 Å². The number of unbranched alkanes of at least 4 members (excludes halogenated alkanes) is 15. The van der Waals surface area contributed by atoms with Crippen molar-refractivity contribution >= 4 is 19.8 Å². The molecular weight excluding hydrogens is 711 g/mol. The van der Waals surface area contributed by atoms with Gasteiger partial charge in [-0.25, -0.2) is 4.57 Å². The van der Waals surface area contributed by atoms with Crippen molar-refractivity contribution in [2.75, 3.05) is 26.4 Å². The maximum Gasteiger partial charge on any atom is 0.472 e. The predicted octanol–water partition coefficient (Wildman–Crippen LogP) is 9.61. The second-order valence-electron chi connectivity index (χ2n) is 14.7. The molecule has 0 aliphatic rings. The molecule has 54 heavy (non-hydrogen) atoms. The van der Waals surface area contributed by atoms with Crippen LogP contribution in [0, 0.1) is 5.92 Å². The van der Waals surface area contributed by atoms with Crippen LogP contribution in [0.1, 0.15) is 168 Å². The first-order valence-corrected chi connectivity index (χ1v) is 22.4. The van der Waals surface area contributed by atoms with Crippen molar-refractivity contribution in [3.63, 3.8) is 0 Å². The zero-order chi connectivity index (χ0) is 40.1. The molecule has 0 fully saturated rings. The van der Waals surface area contributed by atoms with Gasteiger partial charge >= 0.3 is 19.8 Å². The van der Waals surface area contributed by atoms with Crippen molar-refractivity contribution < 1.29 is 52.9 Å². The molecule has 4 atom stereocenters. The molecule has 0 aliphatic heterocycles. The molecule has 0 bridgehead atoms. The Labute approximate surface area is 327 Å². The fraction of sp³-hybridized carbons (Fsp3) is 0.810. The molecule has 316 valence electrons. The Hall–Kier alpha value is -1.85. The molecule has 11 nitrogen and oxygen atoms in total. The molecular formula is C42H77O11P. The lowest BCUT2D eigenvalue weighted by Crippen LogP contribution is -2.29. The minimum atomic E-state index is -4.64. The number of phosphoric acid groups is 1. The average Bonchev–Trinajstić information content (AvgIpc) is 3.14. The van der Waals surface area contributed by atoms with Gasteiger partial charge in [0.25, 0.3) is 0 Å². The molecule has 2 unspecified atom stereocenters. The van der Waals surface area contributed by atoms with Gasteiger partial charge in [-0.1, -0.05) is 160 Å². The Morgan fingerprint density at radius 2 is 1.17 bits per heavy atom. The monoisotopic (exact) mass is 789 g/mol. The van der Waals surface area contributed by atoms with Crippen LogP contribution in [0.25, 0.3) is 0 Å². The lowest BCUT2D eigenvalue weighted by Gasteiger charge is -2.20. The largest absolute Gasteiger partial charge is 0.472 e. The van der Waals surface area contributed by atoms with Gasteiger partial charge in [-0.05, 0) is 38.0 Å². The summed E-state index contributed by atoms with van der Waals surface area (Å²) in [6.45, 7) is 4.45. The average molecular weight is 789 g/mol. The summed E-state index contributed by atoms with van der Waals surface area (Å²) < 4.78 is 32.6. The predicted molar refractivity (Wildman–Crippen MR) is 216 cm³/mol. The first-order chi connectivity index (χ1) is 26.0. The number of hydrogen-bond donors (Lipinski definition) is 4. The molecule has 0 aromatic heterocycles. The van der Waals surface area contributed by atoms with Crippen LogP contribution in [-0.2, 0) is 32.7 Å². The fourth-order valence-electron chi connectivity index (χ4n) is 5.60. The van der Waals surface area contributed by atoms with Gasteiger partial charge in [0.1, 0.15) is 12.7 Å². The molecule has 0 aromatic rings. The van der Waals surface area contributed by atoms with Gasteiger partial charge in [-0.2, -0.15) is 0 Å². The van der Waals surface area contributed by atoms with E-state index in [1.165, 1.54) is 57.8 Å². The van der Waals surface area contributed by atoms with Crippen LogP contribution in [0.2, 0.25) is 0 Å². The number of ether oxygens (including phenoxy) is 2. The molecule has 0 aliphatic carbocycles. The Morgan fingerprint density at radius 1 is 0.648 bits per heavy atom. The van der Waals surface area contributed by atoms with Crippen molar-refractivity contribution in [3.8, 4) is 0 Å². The van der Waals surface area contributed by atoms with Crippen LogP contribution in [0.4, 0.5) is 0 Å². The number of allylic oxidation sites excluding steroid dienone is 5. The Morgan fingerprint density at radius 3 is 1.72 bits per heavy atom. The number of aliphatic hydroxyl groups excluding tert-OH is 3. The van der Waals surface area contributed by atoms with E-state index < -0.39 is 57.9 Å². The summed E-state index contributed by atoms with van der Waals surface area (Å²) >= 11 is 0. The first kappa shape index (κ1) is 52.2. The van der Waals surface area contributed by atoms with Crippen LogP contribution in [0.3, 0.4) is 0 Å². The Kier molecular flexibility index (Phi) is 35.5. The summed E-state index contributed by atoms with van der Waals surface area (Å²) in [5.74, 6) is -0.200. The highest BCUT2D eigenvalue weighted by molar-refractivity contribution is 7.47. The van der Waals surface area contributed by atoms with Gasteiger partial charge in [0.2, 0.25) is 0 Å². The molecule has 0 heterocycles. The highest BCUT2D eigenvalue weighted by Gasteiger charge is 2.27. The van der Waals surface area contributed by atoms with Crippen molar-refractivity contribution in [1.82, 2.24) is 0 Å². The number of carbonyl (C=O) groups excluding carboxylic acids is 2. The molecule has 0 spiro atoms. The second-order valence-corrected chi connectivity index (χ2v) is 16.1. The fourth-order valence-corrected chi connectivity index (χ4v) is 6.39. The van der Waals surface area contributed by atoms with Crippen molar-refractivity contribution in [2.45, 2.75) is 187 Å². The van der Waals surface area contributed by atoms with Crippen molar-refractivity contribution in [2.24, 2.45) is 5.92 Å². The van der Waals surface area contributed by atoms with Crippen LogP contribution >= 0.6 is 7.82 Å². The standard InChI is InChI=1S/C42H77O11P/c1-4-5-6-7-14-19-24-29-38(44)30-25-20-17-22-26-31-41(46)50-35-40(36-52-54(48,49)51-34-39(45)33-43)53-42(47)32-27-21-16-13-11-9-8-10-12-15-18-23-28-37(2)3/h5-6,14,19,24,29,37-40,43-45H,4,7-13,15-18,20-23,25-28,30-36H2,1-3H3,(H,48,49)/b6-5+,19-14+,29-24+/t38?,39-,40+/m0/s1. The normalized spacial score (nSPS) is 15.0. The number of aliphatic hydroxyl groups is 3. The first-order valence-electron chi connectivity index (χ1n) is 20.9. The highest BCUT2D eigenvalue weighted by atomic mass is 31.2. The number of rotatable bonds is 38. The van der Waals surface area contributed by atoms with Crippen LogP contribution in [0.5, 0.6) is 0 Å². The van der Waals surface area contributed by atoms with E-state index in [9.17, 15) is 29.3 Å². The van der Waals surface area contributed by atoms with E-state index in [0.29, 0.717) is 19.3 Å². The lowest BCUT2D eigenvalue weighted by molar-refractivity contribution is -0.161. The summed E-state index contributed by atoms with van der Waals surface area (Å²) in [4.78, 5) is 34.9. The summed E-state index contributed by atoms with van der Waals surface area (Å²) in [7, 11) is -4.64. The van der Waals surface area contributed by atoms with E-state index in [0.717, 1.165) is 63.7 Å². The van der Waals surface area contributed by atoms with E-state index in [2.05, 4.69) is 37.4 Å². The van der Waals surface area contributed by atoms with Crippen molar-refractivity contribution in [3.05, 3.63) is 36.5 Å². The van der Waals surface area contributed by atoms with Crippen LogP contribution in [0.15, 0.2) is 36.5 Å². The van der Waals surface area contributed by atoms with Crippen LogP contribution in [-0.4, -0.2) is 76.9 Å². The maximum atomic E-state index is 12.6. The maximum absolute atomic E-state index is 12.6. The highest BCUT2D eigenvalue weighted by Crippen LogP contribution is 2.43. The minimum Gasteiger partial charge on any atom is -0.462 e. The number of carbonyl (C=O) groups is 2. The lowest BCUT2D eigenvalue weighted by atomic mass is 10.0. The zero-order valence-electron chi connectivity index (χ0n) is 34.0. The summed E-state index contributed by atoms with van der Waals surface area (Å²) in [6.07, 6.45) is 31.4. The van der Waals surface area contributed by atoms with E-state index >= 15 is 0 Å². The minimum absolute atomic E-state index is 0.165. The molecule has 12 heteroatoms. The second kappa shape index (κ2) is 36.8. The van der Waals surface area contributed by atoms with E-state index in [1.807, 2.05) is 18.2 Å². The Balaban J connectivity index is 4.39. The third-order valence-corrected chi connectivity index (χ3v) is 9.79. The van der Waals surface area contributed by atoms with Gasteiger partial charge in [0.15, 0.2) is 6.10 Å². The third-order valence-electron chi connectivity index (χ3n) is 8.84. The van der Waals surface area contributed by atoms with E-state index in [4.69, 9.17) is 19.1 Å². The number of phosphoric ester groups is 1. The SMILES string of the molecule is CC/C=C/C/C=C/C=C/C(O)CCCCCCCC(=O)OC[C@H](COP(=O)(O)OC[C@@H](O)CO)OC(=O)CCCCCCCCCCCCCCC(C)C.